The second kappa shape index (κ2) is 9.81. The zero-order valence-corrected chi connectivity index (χ0v) is 19.5. The number of benzene rings is 2. The Labute approximate surface area is 199 Å². The van der Waals surface area contributed by atoms with E-state index in [-0.39, 0.29) is 11.8 Å². The number of thiophene rings is 1. The minimum absolute atomic E-state index is 0.200. The predicted octanol–water partition coefficient (Wildman–Crippen LogP) is 5.36. The minimum Gasteiger partial charge on any atom is -0.486 e. The number of carbonyl (C=O) groups is 2. The van der Waals surface area contributed by atoms with Gasteiger partial charge in [-0.15, -0.1) is 11.3 Å². The highest BCUT2D eigenvalue weighted by Crippen LogP contribution is 2.38. The van der Waals surface area contributed by atoms with Gasteiger partial charge in [-0.1, -0.05) is 35.3 Å². The smallest absolute Gasteiger partial charge is 0.261 e. The number of aryl methyl sites for hydroxylation is 1. The SMILES string of the molecule is Cc1cc(NC(=O)c2ccccc2Cl)sc1C(=O)NCCc1cc(Cl)c2c(c1)OCCO2. The lowest BCUT2D eigenvalue weighted by atomic mass is 10.1. The Kier molecular flexibility index (Phi) is 6.89. The molecule has 0 radical (unpaired) electrons. The van der Waals surface area contributed by atoms with E-state index in [4.69, 9.17) is 32.7 Å². The first-order valence-electron chi connectivity index (χ1n) is 9.95. The number of rotatable bonds is 6. The van der Waals surface area contributed by atoms with Crippen LogP contribution in [0.2, 0.25) is 10.0 Å². The molecule has 4 rings (SSSR count). The molecule has 0 bridgehead atoms. The van der Waals surface area contributed by atoms with Gasteiger partial charge in [-0.25, -0.2) is 0 Å². The zero-order chi connectivity index (χ0) is 22.7. The maximum absolute atomic E-state index is 12.7. The van der Waals surface area contributed by atoms with Gasteiger partial charge in [0.2, 0.25) is 0 Å². The lowest BCUT2D eigenvalue weighted by Gasteiger charge is -2.20. The van der Waals surface area contributed by atoms with Crippen LogP contribution in [0, 0.1) is 6.92 Å². The van der Waals surface area contributed by atoms with E-state index in [1.54, 1.807) is 30.3 Å². The number of amides is 2. The van der Waals surface area contributed by atoms with Crippen molar-refractivity contribution in [2.45, 2.75) is 13.3 Å². The van der Waals surface area contributed by atoms with Crippen LogP contribution in [-0.4, -0.2) is 31.6 Å². The molecule has 0 saturated heterocycles. The Morgan fingerprint density at radius 1 is 1.03 bits per heavy atom. The summed E-state index contributed by atoms with van der Waals surface area (Å²) in [6, 6.07) is 12.3. The van der Waals surface area contributed by atoms with E-state index in [0.717, 1.165) is 11.1 Å². The monoisotopic (exact) mass is 490 g/mol. The zero-order valence-electron chi connectivity index (χ0n) is 17.2. The first-order chi connectivity index (χ1) is 15.4. The van der Waals surface area contributed by atoms with Gasteiger partial charge in [-0.05, 0) is 54.8 Å². The first kappa shape index (κ1) is 22.5. The molecular formula is C23H20Cl2N2O4S. The summed E-state index contributed by atoms with van der Waals surface area (Å²) in [6.07, 6.45) is 0.586. The number of ether oxygens (including phenoxy) is 2. The summed E-state index contributed by atoms with van der Waals surface area (Å²) in [4.78, 5) is 25.7. The number of carbonyl (C=O) groups excluding carboxylic acids is 2. The third kappa shape index (κ3) is 5.01. The van der Waals surface area contributed by atoms with E-state index in [1.807, 2.05) is 19.1 Å². The van der Waals surface area contributed by atoms with Crippen molar-refractivity contribution in [2.24, 2.45) is 0 Å². The number of hydrogen-bond donors (Lipinski definition) is 2. The third-order valence-electron chi connectivity index (χ3n) is 4.84. The molecule has 2 N–H and O–H groups in total. The van der Waals surface area contributed by atoms with E-state index >= 15 is 0 Å². The van der Waals surface area contributed by atoms with Gasteiger partial charge < -0.3 is 20.1 Å². The third-order valence-corrected chi connectivity index (χ3v) is 6.60. The Hall–Kier alpha value is -2.74. The van der Waals surface area contributed by atoms with Crippen LogP contribution < -0.4 is 20.1 Å². The summed E-state index contributed by atoms with van der Waals surface area (Å²) in [5, 5.41) is 7.17. The lowest BCUT2D eigenvalue weighted by Crippen LogP contribution is -2.25. The molecule has 6 nitrogen and oxygen atoms in total. The molecule has 1 aliphatic rings. The minimum atomic E-state index is -0.320. The molecule has 2 heterocycles. The highest BCUT2D eigenvalue weighted by Gasteiger charge is 2.18. The quantitative estimate of drug-likeness (QED) is 0.487. The number of fused-ring (bicyclic) bond motifs is 1. The van der Waals surface area contributed by atoms with Crippen molar-refractivity contribution in [3.63, 3.8) is 0 Å². The average Bonchev–Trinajstić information content (AvgIpc) is 3.14. The molecule has 3 aromatic rings. The van der Waals surface area contributed by atoms with Gasteiger partial charge in [0.05, 0.1) is 25.5 Å². The molecule has 0 atom stereocenters. The normalized spacial score (nSPS) is 12.3. The van der Waals surface area contributed by atoms with Gasteiger partial charge in [0.1, 0.15) is 13.2 Å². The number of anilines is 1. The Morgan fingerprint density at radius 2 is 1.81 bits per heavy atom. The van der Waals surface area contributed by atoms with Crippen LogP contribution in [0.15, 0.2) is 42.5 Å². The highest BCUT2D eigenvalue weighted by atomic mass is 35.5. The number of halogens is 2. The van der Waals surface area contributed by atoms with Gasteiger partial charge in [-0.3, -0.25) is 9.59 Å². The molecule has 0 saturated carbocycles. The van der Waals surface area contributed by atoms with Crippen molar-refractivity contribution in [3.8, 4) is 11.5 Å². The molecular weight excluding hydrogens is 471 g/mol. The molecule has 166 valence electrons. The predicted molar refractivity (Wildman–Crippen MR) is 127 cm³/mol. The van der Waals surface area contributed by atoms with Gasteiger partial charge >= 0.3 is 0 Å². The first-order valence-corrected chi connectivity index (χ1v) is 11.5. The van der Waals surface area contributed by atoms with Crippen molar-refractivity contribution in [1.29, 1.82) is 0 Å². The standard InChI is InChI=1S/C23H20Cl2N2O4S/c1-13-10-19(27-22(28)15-4-2-3-5-16(15)24)32-21(13)23(29)26-7-6-14-11-17(25)20-18(12-14)30-8-9-31-20/h2-5,10-12H,6-9H2,1H3,(H,26,29)(H,27,28). The average molecular weight is 491 g/mol. The van der Waals surface area contributed by atoms with Crippen LogP contribution >= 0.6 is 34.5 Å². The molecule has 2 amide bonds. The van der Waals surface area contributed by atoms with Crippen molar-refractivity contribution in [3.05, 3.63) is 74.1 Å². The van der Waals surface area contributed by atoms with Crippen molar-refractivity contribution in [1.82, 2.24) is 5.32 Å². The summed E-state index contributed by atoms with van der Waals surface area (Å²) >= 11 is 13.6. The van der Waals surface area contributed by atoms with Crippen molar-refractivity contribution >= 4 is 51.4 Å². The van der Waals surface area contributed by atoms with E-state index < -0.39 is 0 Å². The molecule has 0 fully saturated rings. The van der Waals surface area contributed by atoms with Gasteiger partial charge in [0.15, 0.2) is 11.5 Å². The molecule has 2 aromatic carbocycles. The van der Waals surface area contributed by atoms with E-state index in [9.17, 15) is 9.59 Å². The van der Waals surface area contributed by atoms with Gasteiger partial charge in [0, 0.05) is 6.54 Å². The molecule has 9 heteroatoms. The number of hydrogen-bond acceptors (Lipinski definition) is 5. The largest absolute Gasteiger partial charge is 0.486 e. The van der Waals surface area contributed by atoms with Crippen molar-refractivity contribution < 1.29 is 19.1 Å². The lowest BCUT2D eigenvalue weighted by molar-refractivity contribution is 0.0956. The number of nitrogens with one attached hydrogen (secondary N) is 2. The van der Waals surface area contributed by atoms with Crippen molar-refractivity contribution in [2.75, 3.05) is 25.1 Å². The van der Waals surface area contributed by atoms with Crippen LogP contribution in [0.25, 0.3) is 0 Å². The van der Waals surface area contributed by atoms with E-state index in [2.05, 4.69) is 10.6 Å². The fourth-order valence-corrected chi connectivity index (χ4v) is 4.80. The topological polar surface area (TPSA) is 76.7 Å². The van der Waals surface area contributed by atoms with Crippen LogP contribution in [0.3, 0.4) is 0 Å². The molecule has 1 aromatic heterocycles. The molecule has 0 spiro atoms. The molecule has 0 aliphatic carbocycles. The van der Waals surface area contributed by atoms with Crippen LogP contribution in [0.4, 0.5) is 5.00 Å². The summed E-state index contributed by atoms with van der Waals surface area (Å²) in [7, 11) is 0. The summed E-state index contributed by atoms with van der Waals surface area (Å²) in [5.74, 6) is 0.665. The fraction of sp³-hybridized carbons (Fsp3) is 0.217. The van der Waals surface area contributed by atoms with E-state index in [0.29, 0.717) is 63.2 Å². The summed E-state index contributed by atoms with van der Waals surface area (Å²) in [6.45, 7) is 3.21. The van der Waals surface area contributed by atoms with Crippen LogP contribution in [0.1, 0.15) is 31.2 Å². The Morgan fingerprint density at radius 3 is 2.62 bits per heavy atom. The maximum Gasteiger partial charge on any atom is 0.261 e. The van der Waals surface area contributed by atoms with Gasteiger partial charge in [-0.2, -0.15) is 0 Å². The second-order valence-corrected chi connectivity index (χ2v) is 9.03. The summed E-state index contributed by atoms with van der Waals surface area (Å²) in [5.41, 5.74) is 2.10. The van der Waals surface area contributed by atoms with Crippen LogP contribution in [-0.2, 0) is 6.42 Å². The second-order valence-electron chi connectivity index (χ2n) is 7.16. The summed E-state index contributed by atoms with van der Waals surface area (Å²) < 4.78 is 11.1. The molecule has 0 unspecified atom stereocenters. The van der Waals surface area contributed by atoms with Gasteiger partial charge in [0.25, 0.3) is 11.8 Å². The maximum atomic E-state index is 12.7. The fourth-order valence-electron chi connectivity index (χ4n) is 3.30. The van der Waals surface area contributed by atoms with E-state index in [1.165, 1.54) is 11.3 Å². The Bertz CT molecular complexity index is 1180. The Balaban J connectivity index is 1.36. The highest BCUT2D eigenvalue weighted by molar-refractivity contribution is 7.18. The van der Waals surface area contributed by atoms with Crippen LogP contribution in [0.5, 0.6) is 11.5 Å². The molecule has 32 heavy (non-hydrogen) atoms. The molecule has 1 aliphatic heterocycles.